The minimum atomic E-state index is -0.597. The number of rotatable bonds is 3. The summed E-state index contributed by atoms with van der Waals surface area (Å²) < 4.78 is 1.64. The molecule has 0 aliphatic carbocycles. The molecule has 0 aliphatic rings. The summed E-state index contributed by atoms with van der Waals surface area (Å²) in [7, 11) is 0. The molecule has 1 amide bonds. The van der Waals surface area contributed by atoms with E-state index in [1.165, 1.54) is 0 Å². The van der Waals surface area contributed by atoms with Crippen molar-refractivity contribution in [2.75, 3.05) is 0 Å². The van der Waals surface area contributed by atoms with Crippen LogP contribution in [-0.4, -0.2) is 10.5 Å². The maximum atomic E-state index is 11.1. The van der Waals surface area contributed by atoms with Gasteiger partial charge in [-0.25, -0.2) is 0 Å². The Kier molecular flexibility index (Phi) is 5.32. The Labute approximate surface area is 126 Å². The van der Waals surface area contributed by atoms with Gasteiger partial charge in [-0.3, -0.25) is 10.2 Å². The Morgan fingerprint density at radius 2 is 2.05 bits per heavy atom. The van der Waals surface area contributed by atoms with Gasteiger partial charge >= 0.3 is 0 Å². The van der Waals surface area contributed by atoms with Crippen LogP contribution in [0.5, 0.6) is 0 Å². The maximum absolute atomic E-state index is 11.1. The zero-order valence-electron chi connectivity index (χ0n) is 9.97. The molecule has 1 heterocycles. The number of primary amides is 1. The molecule has 0 bridgehead atoms. The van der Waals surface area contributed by atoms with Crippen molar-refractivity contribution in [3.8, 4) is 0 Å². The highest BCUT2D eigenvalue weighted by molar-refractivity contribution is 8.93. The minimum absolute atomic E-state index is 0. The molecular formula is C13H13BrClN3O. The van der Waals surface area contributed by atoms with Gasteiger partial charge in [0, 0.05) is 17.8 Å². The van der Waals surface area contributed by atoms with E-state index in [1.807, 2.05) is 18.2 Å². The third kappa shape index (κ3) is 3.68. The molecule has 0 atom stereocenters. The number of pyridine rings is 1. The van der Waals surface area contributed by atoms with E-state index in [2.05, 4.69) is 0 Å². The third-order valence-electron chi connectivity index (χ3n) is 2.58. The van der Waals surface area contributed by atoms with E-state index in [-0.39, 0.29) is 28.0 Å². The van der Waals surface area contributed by atoms with Gasteiger partial charge in [0.25, 0.3) is 5.91 Å². The van der Waals surface area contributed by atoms with Crippen LogP contribution in [0.2, 0.25) is 5.02 Å². The lowest BCUT2D eigenvalue weighted by Crippen LogP contribution is -2.29. The third-order valence-corrected chi connectivity index (χ3v) is 2.81. The van der Waals surface area contributed by atoms with E-state index in [0.29, 0.717) is 11.6 Å². The van der Waals surface area contributed by atoms with Crippen LogP contribution in [0.1, 0.15) is 15.9 Å². The highest BCUT2D eigenvalue weighted by Crippen LogP contribution is 2.11. The fraction of sp³-hybridized carbons (Fsp3) is 0.0769. The predicted molar refractivity (Wildman–Crippen MR) is 79.7 cm³/mol. The summed E-state index contributed by atoms with van der Waals surface area (Å²) in [6.07, 6.45) is 1.73. The van der Waals surface area contributed by atoms with Crippen molar-refractivity contribution >= 4 is 34.5 Å². The first-order valence-electron chi connectivity index (χ1n) is 5.36. The van der Waals surface area contributed by atoms with Crippen molar-refractivity contribution in [3.63, 3.8) is 0 Å². The van der Waals surface area contributed by atoms with Crippen LogP contribution < -0.4 is 11.2 Å². The average Bonchev–Trinajstić information content (AvgIpc) is 2.31. The maximum Gasteiger partial charge on any atom is 0.252 e. The van der Waals surface area contributed by atoms with Crippen LogP contribution in [-0.2, 0) is 6.54 Å². The molecule has 0 fully saturated rings. The van der Waals surface area contributed by atoms with Crippen molar-refractivity contribution in [1.29, 1.82) is 5.41 Å². The number of hydrogen-bond donors (Lipinski definition) is 2. The van der Waals surface area contributed by atoms with E-state index in [9.17, 15) is 4.79 Å². The molecule has 4 nitrogen and oxygen atoms in total. The lowest BCUT2D eigenvalue weighted by molar-refractivity contribution is 0.0998. The fourth-order valence-electron chi connectivity index (χ4n) is 1.71. The lowest BCUT2D eigenvalue weighted by Gasteiger charge is -2.09. The van der Waals surface area contributed by atoms with Gasteiger partial charge in [-0.1, -0.05) is 23.7 Å². The molecule has 0 aliphatic heterocycles. The Morgan fingerprint density at radius 3 is 2.68 bits per heavy atom. The zero-order chi connectivity index (χ0) is 13.1. The molecule has 19 heavy (non-hydrogen) atoms. The first kappa shape index (κ1) is 15.5. The molecule has 1 aromatic carbocycles. The highest BCUT2D eigenvalue weighted by Gasteiger charge is 2.05. The fourth-order valence-corrected chi connectivity index (χ4v) is 1.93. The van der Waals surface area contributed by atoms with Gasteiger partial charge in [0.15, 0.2) is 0 Å². The second-order valence-electron chi connectivity index (χ2n) is 3.89. The summed E-state index contributed by atoms with van der Waals surface area (Å²) in [6.45, 7) is 0.473. The van der Waals surface area contributed by atoms with Crippen LogP contribution in [0.15, 0.2) is 42.6 Å². The monoisotopic (exact) mass is 341 g/mol. The van der Waals surface area contributed by atoms with Gasteiger partial charge in [0.2, 0.25) is 0 Å². The standard InChI is InChI=1S/C13H12ClN3O.BrH/c14-10-4-1-3-9(7-10)8-17-6-2-5-11(12(17)15)13(16)18;/h1-7,15H,8H2,(H2,16,18);1H. The molecule has 6 heteroatoms. The van der Waals surface area contributed by atoms with Crippen molar-refractivity contribution in [2.45, 2.75) is 6.54 Å². The van der Waals surface area contributed by atoms with Crippen LogP contribution in [0, 0.1) is 5.41 Å². The molecule has 100 valence electrons. The van der Waals surface area contributed by atoms with Gasteiger partial charge in [-0.05, 0) is 29.8 Å². The lowest BCUT2D eigenvalue weighted by atomic mass is 10.2. The second kappa shape index (κ2) is 6.54. The topological polar surface area (TPSA) is 71.9 Å². The summed E-state index contributed by atoms with van der Waals surface area (Å²) in [6, 6.07) is 10.6. The molecule has 2 aromatic rings. The second-order valence-corrected chi connectivity index (χ2v) is 4.33. The molecule has 2 rings (SSSR count). The molecule has 0 saturated carbocycles. The Morgan fingerprint density at radius 1 is 1.32 bits per heavy atom. The van der Waals surface area contributed by atoms with E-state index < -0.39 is 5.91 Å². The number of aromatic nitrogens is 1. The first-order valence-corrected chi connectivity index (χ1v) is 5.74. The molecule has 0 radical (unpaired) electrons. The molecule has 0 saturated heterocycles. The molecule has 3 N–H and O–H groups in total. The van der Waals surface area contributed by atoms with Crippen LogP contribution in [0.25, 0.3) is 0 Å². The van der Waals surface area contributed by atoms with Crippen LogP contribution >= 0.6 is 28.6 Å². The number of carbonyl (C=O) groups is 1. The number of nitrogens with two attached hydrogens (primary N) is 1. The number of benzene rings is 1. The van der Waals surface area contributed by atoms with E-state index in [4.69, 9.17) is 22.7 Å². The number of hydrogen-bond acceptors (Lipinski definition) is 2. The smallest absolute Gasteiger partial charge is 0.252 e. The predicted octanol–water partition coefficient (Wildman–Crippen LogP) is 2.35. The normalized spacial score (nSPS) is 9.74. The van der Waals surface area contributed by atoms with Crippen LogP contribution in [0.3, 0.4) is 0 Å². The quantitative estimate of drug-likeness (QED) is 0.883. The SMILES string of the molecule is Br.N=c1c(C(N)=O)cccn1Cc1cccc(Cl)c1. The van der Waals surface area contributed by atoms with E-state index >= 15 is 0 Å². The van der Waals surface area contributed by atoms with Gasteiger partial charge in [0.1, 0.15) is 5.49 Å². The van der Waals surface area contributed by atoms with E-state index in [0.717, 1.165) is 5.56 Å². The van der Waals surface area contributed by atoms with Crippen molar-refractivity contribution < 1.29 is 4.79 Å². The summed E-state index contributed by atoms with van der Waals surface area (Å²) in [5.41, 5.74) is 6.48. The average molecular weight is 343 g/mol. The molecule has 0 unspecified atom stereocenters. The number of halogens is 2. The molecule has 1 aromatic heterocycles. The molecule has 0 spiro atoms. The van der Waals surface area contributed by atoms with Gasteiger partial charge in [-0.2, -0.15) is 0 Å². The van der Waals surface area contributed by atoms with Crippen molar-refractivity contribution in [2.24, 2.45) is 5.73 Å². The number of amides is 1. The number of nitrogens with one attached hydrogen (secondary N) is 1. The van der Waals surface area contributed by atoms with Crippen LogP contribution in [0.4, 0.5) is 0 Å². The zero-order valence-corrected chi connectivity index (χ0v) is 12.4. The van der Waals surface area contributed by atoms with Gasteiger partial charge in [-0.15, -0.1) is 17.0 Å². The summed E-state index contributed by atoms with van der Waals surface area (Å²) in [5, 5.41) is 8.55. The number of carbonyl (C=O) groups excluding carboxylic acids is 1. The summed E-state index contributed by atoms with van der Waals surface area (Å²) >= 11 is 5.90. The van der Waals surface area contributed by atoms with E-state index in [1.54, 1.807) is 29.0 Å². The minimum Gasteiger partial charge on any atom is -0.365 e. The van der Waals surface area contributed by atoms with Crippen molar-refractivity contribution in [3.05, 3.63) is 64.2 Å². The largest absolute Gasteiger partial charge is 0.365 e. The number of nitrogens with zero attached hydrogens (tertiary/aromatic N) is 1. The first-order chi connectivity index (χ1) is 8.58. The van der Waals surface area contributed by atoms with Gasteiger partial charge < -0.3 is 10.3 Å². The molecular weight excluding hydrogens is 330 g/mol. The summed E-state index contributed by atoms with van der Waals surface area (Å²) in [5.74, 6) is -0.597. The summed E-state index contributed by atoms with van der Waals surface area (Å²) in [4.78, 5) is 11.1. The Balaban J connectivity index is 0.00000180. The highest BCUT2D eigenvalue weighted by atomic mass is 79.9. The van der Waals surface area contributed by atoms with Gasteiger partial charge in [0.05, 0.1) is 5.56 Å². The van der Waals surface area contributed by atoms with Crippen molar-refractivity contribution in [1.82, 2.24) is 4.57 Å². The Bertz CT molecular complexity index is 654. The Hall–Kier alpha value is -1.59.